The molecule has 0 fully saturated rings. The van der Waals surface area contributed by atoms with Crippen molar-refractivity contribution >= 4 is 17.5 Å². The van der Waals surface area contributed by atoms with Gasteiger partial charge in [0.25, 0.3) is 5.91 Å². The summed E-state index contributed by atoms with van der Waals surface area (Å²) in [4.78, 5) is 21.1. The Labute approximate surface area is 169 Å². The summed E-state index contributed by atoms with van der Waals surface area (Å²) < 4.78 is 5.14. The van der Waals surface area contributed by atoms with Crippen molar-refractivity contribution in [1.29, 1.82) is 5.26 Å². The molecule has 0 saturated carbocycles. The van der Waals surface area contributed by atoms with Crippen molar-refractivity contribution in [2.75, 3.05) is 19.0 Å². The fraction of sp³-hybridized carbons (Fsp3) is 0.182. The first kappa shape index (κ1) is 19.8. The number of hydrogen-bond donors (Lipinski definition) is 2. The van der Waals surface area contributed by atoms with Crippen LogP contribution in [0.15, 0.2) is 54.6 Å². The van der Waals surface area contributed by atoms with Crippen molar-refractivity contribution in [1.82, 2.24) is 15.3 Å². The highest BCUT2D eigenvalue weighted by Gasteiger charge is 2.11. The van der Waals surface area contributed by atoms with E-state index in [4.69, 9.17) is 10.00 Å². The Morgan fingerprint density at radius 2 is 1.83 bits per heavy atom. The number of carbonyl (C=O) groups excluding carboxylic acids is 1. The number of aromatic nitrogens is 2. The van der Waals surface area contributed by atoms with Gasteiger partial charge in [0.1, 0.15) is 11.4 Å². The molecule has 146 valence electrons. The van der Waals surface area contributed by atoms with Gasteiger partial charge in [-0.05, 0) is 61.4 Å². The molecule has 29 heavy (non-hydrogen) atoms. The summed E-state index contributed by atoms with van der Waals surface area (Å²) in [5.74, 6) is 0.874. The van der Waals surface area contributed by atoms with Gasteiger partial charge in [-0.25, -0.2) is 9.97 Å². The maximum atomic E-state index is 12.5. The Kier molecular flexibility index (Phi) is 6.38. The third-order valence-corrected chi connectivity index (χ3v) is 4.22. The van der Waals surface area contributed by atoms with E-state index in [9.17, 15) is 4.79 Å². The summed E-state index contributed by atoms with van der Waals surface area (Å²) in [6, 6.07) is 18.4. The van der Waals surface area contributed by atoms with Crippen LogP contribution in [0.2, 0.25) is 0 Å². The van der Waals surface area contributed by atoms with Crippen LogP contribution in [0.25, 0.3) is 0 Å². The van der Waals surface area contributed by atoms with Gasteiger partial charge in [-0.1, -0.05) is 12.1 Å². The zero-order valence-corrected chi connectivity index (χ0v) is 16.3. The number of nitrogens with zero attached hydrogens (tertiary/aromatic N) is 3. The van der Waals surface area contributed by atoms with Crippen molar-refractivity contribution in [2.45, 2.75) is 13.3 Å². The molecule has 3 aromatic rings. The van der Waals surface area contributed by atoms with Gasteiger partial charge >= 0.3 is 0 Å². The number of nitriles is 1. The van der Waals surface area contributed by atoms with Crippen LogP contribution in [0.3, 0.4) is 0 Å². The molecule has 1 amide bonds. The predicted octanol–water partition coefficient (Wildman–Crippen LogP) is 3.38. The second kappa shape index (κ2) is 9.33. The van der Waals surface area contributed by atoms with Crippen LogP contribution < -0.4 is 15.4 Å². The molecule has 0 aliphatic rings. The number of methoxy groups -OCH3 is 1. The molecular formula is C22H21N5O2. The average molecular weight is 387 g/mol. The number of rotatable bonds is 7. The first-order valence-corrected chi connectivity index (χ1v) is 9.11. The quantitative estimate of drug-likeness (QED) is 0.645. The molecule has 0 spiro atoms. The average Bonchev–Trinajstić information content (AvgIpc) is 2.74. The van der Waals surface area contributed by atoms with Crippen LogP contribution >= 0.6 is 0 Å². The Morgan fingerprint density at radius 1 is 1.10 bits per heavy atom. The lowest BCUT2D eigenvalue weighted by molar-refractivity contribution is 0.0949. The Hall–Kier alpha value is -3.92. The van der Waals surface area contributed by atoms with Crippen LogP contribution in [0.1, 0.15) is 27.3 Å². The Bertz CT molecular complexity index is 1020. The van der Waals surface area contributed by atoms with Crippen molar-refractivity contribution in [3.8, 4) is 11.8 Å². The topological polar surface area (TPSA) is 99.9 Å². The molecule has 0 aliphatic heterocycles. The highest BCUT2D eigenvalue weighted by molar-refractivity contribution is 5.92. The maximum absolute atomic E-state index is 12.5. The van der Waals surface area contributed by atoms with E-state index in [2.05, 4.69) is 26.7 Å². The summed E-state index contributed by atoms with van der Waals surface area (Å²) in [6.07, 6.45) is 0.705. The fourth-order valence-electron chi connectivity index (χ4n) is 2.70. The Balaban J connectivity index is 1.61. The lowest BCUT2D eigenvalue weighted by atomic mass is 10.1. The smallest absolute Gasteiger partial charge is 0.270 e. The molecule has 0 aliphatic carbocycles. The molecular weight excluding hydrogens is 366 g/mol. The molecule has 1 aromatic heterocycles. The molecule has 0 saturated heterocycles. The molecule has 1 heterocycles. The van der Waals surface area contributed by atoms with Gasteiger partial charge in [0.05, 0.1) is 18.7 Å². The number of amides is 1. The van der Waals surface area contributed by atoms with E-state index >= 15 is 0 Å². The highest BCUT2D eigenvalue weighted by atomic mass is 16.5. The van der Waals surface area contributed by atoms with Crippen molar-refractivity contribution in [2.24, 2.45) is 0 Å². The van der Waals surface area contributed by atoms with Crippen LogP contribution in [0.5, 0.6) is 5.75 Å². The molecule has 7 heteroatoms. The minimum Gasteiger partial charge on any atom is -0.497 e. The number of benzene rings is 2. The third-order valence-electron chi connectivity index (χ3n) is 4.22. The lowest BCUT2D eigenvalue weighted by Crippen LogP contribution is -2.27. The first-order valence-electron chi connectivity index (χ1n) is 9.11. The summed E-state index contributed by atoms with van der Waals surface area (Å²) >= 11 is 0. The zero-order valence-electron chi connectivity index (χ0n) is 16.3. The SMILES string of the molecule is COc1ccc(CCNC(=O)c2cc(C)nc(Nc3ccc(C#N)cc3)n2)cc1. The molecule has 0 atom stereocenters. The predicted molar refractivity (Wildman–Crippen MR) is 110 cm³/mol. The second-order valence-corrected chi connectivity index (χ2v) is 6.39. The second-order valence-electron chi connectivity index (χ2n) is 6.39. The van der Waals surface area contributed by atoms with Crippen LogP contribution in [-0.2, 0) is 6.42 Å². The van der Waals surface area contributed by atoms with Gasteiger partial charge in [-0.2, -0.15) is 5.26 Å². The third kappa shape index (κ3) is 5.53. The first-order chi connectivity index (χ1) is 14.1. The molecule has 2 aromatic carbocycles. The van der Waals surface area contributed by atoms with Gasteiger partial charge in [0.15, 0.2) is 0 Å². The van der Waals surface area contributed by atoms with Gasteiger partial charge in [0, 0.05) is 17.9 Å². The van der Waals surface area contributed by atoms with Gasteiger partial charge in [-0.15, -0.1) is 0 Å². The molecule has 3 rings (SSSR count). The summed E-state index contributed by atoms with van der Waals surface area (Å²) in [6.45, 7) is 2.30. The van der Waals surface area contributed by atoms with Gasteiger partial charge in [-0.3, -0.25) is 4.79 Å². The molecule has 0 bridgehead atoms. The van der Waals surface area contributed by atoms with E-state index < -0.39 is 0 Å². The standard InChI is InChI=1S/C22H21N5O2/c1-15-13-20(21(28)24-12-11-16-5-9-19(29-2)10-6-16)27-22(25-15)26-18-7-3-17(14-23)4-8-18/h3-10,13H,11-12H2,1-2H3,(H,24,28)(H,25,26,27). The lowest BCUT2D eigenvalue weighted by Gasteiger charge is -2.09. The number of hydrogen-bond acceptors (Lipinski definition) is 6. The summed E-state index contributed by atoms with van der Waals surface area (Å²) in [5.41, 5.74) is 3.38. The largest absolute Gasteiger partial charge is 0.497 e. The fourth-order valence-corrected chi connectivity index (χ4v) is 2.70. The van der Waals surface area contributed by atoms with Crippen LogP contribution in [0, 0.1) is 18.3 Å². The van der Waals surface area contributed by atoms with Gasteiger partial charge in [0.2, 0.25) is 5.95 Å². The minimum atomic E-state index is -0.258. The number of carbonyl (C=O) groups is 1. The minimum absolute atomic E-state index is 0.258. The zero-order chi connectivity index (χ0) is 20.6. The highest BCUT2D eigenvalue weighted by Crippen LogP contribution is 2.15. The van der Waals surface area contributed by atoms with Crippen LogP contribution in [0.4, 0.5) is 11.6 Å². The van der Waals surface area contributed by atoms with Gasteiger partial charge < -0.3 is 15.4 Å². The molecule has 0 unspecified atom stereocenters. The summed E-state index contributed by atoms with van der Waals surface area (Å²) in [5, 5.41) is 14.8. The number of anilines is 2. The van der Waals surface area contributed by atoms with E-state index in [1.807, 2.05) is 24.3 Å². The van der Waals surface area contributed by atoms with E-state index in [1.54, 1.807) is 44.4 Å². The number of ether oxygens (including phenoxy) is 1. The van der Waals surface area contributed by atoms with Crippen molar-refractivity contribution in [3.63, 3.8) is 0 Å². The van der Waals surface area contributed by atoms with E-state index in [0.29, 0.717) is 35.9 Å². The molecule has 2 N–H and O–H groups in total. The maximum Gasteiger partial charge on any atom is 0.270 e. The normalized spacial score (nSPS) is 10.1. The Morgan fingerprint density at radius 3 is 2.48 bits per heavy atom. The van der Waals surface area contributed by atoms with E-state index in [1.165, 1.54) is 0 Å². The molecule has 7 nitrogen and oxygen atoms in total. The van der Waals surface area contributed by atoms with Crippen LogP contribution in [-0.4, -0.2) is 29.5 Å². The molecule has 0 radical (unpaired) electrons. The number of aryl methyl sites for hydroxylation is 1. The van der Waals surface area contributed by atoms with Crippen molar-refractivity contribution < 1.29 is 9.53 Å². The van der Waals surface area contributed by atoms with E-state index in [-0.39, 0.29) is 5.91 Å². The summed E-state index contributed by atoms with van der Waals surface area (Å²) in [7, 11) is 1.63. The number of nitrogens with one attached hydrogen (secondary N) is 2. The van der Waals surface area contributed by atoms with E-state index in [0.717, 1.165) is 17.0 Å². The van der Waals surface area contributed by atoms with Crippen molar-refractivity contribution in [3.05, 3.63) is 77.1 Å². The monoisotopic (exact) mass is 387 g/mol.